The summed E-state index contributed by atoms with van der Waals surface area (Å²) in [5.74, 6) is -0.497. The van der Waals surface area contributed by atoms with Gasteiger partial charge in [0.05, 0.1) is 17.6 Å². The second-order valence-corrected chi connectivity index (χ2v) is 3.16. The van der Waals surface area contributed by atoms with Gasteiger partial charge in [-0.2, -0.15) is 0 Å². The molecule has 0 saturated heterocycles. The fourth-order valence-corrected chi connectivity index (χ4v) is 1.34. The maximum absolute atomic E-state index is 11.7. The van der Waals surface area contributed by atoms with Gasteiger partial charge >= 0.3 is 5.69 Å². The lowest BCUT2D eigenvalue weighted by Crippen LogP contribution is -2.29. The number of amides is 1. The molecule has 0 aliphatic rings. The normalized spacial score (nSPS) is 9.76. The minimum Gasteiger partial charge on any atom is -0.490 e. The number of hydrogen-bond donors (Lipinski definition) is 2. The van der Waals surface area contributed by atoms with Crippen molar-refractivity contribution in [3.63, 3.8) is 0 Å². The summed E-state index contributed by atoms with van der Waals surface area (Å²) >= 11 is 0. The minimum atomic E-state index is -0.599. The first kappa shape index (κ1) is 12.9. The summed E-state index contributed by atoms with van der Waals surface area (Å²) in [5.41, 5.74) is 5.13. The molecule has 0 aliphatic heterocycles. The SMILES string of the molecule is COc1c(C(=O)NCCN)cccc1[N+](=O)[O-]. The average molecular weight is 239 g/mol. The van der Waals surface area contributed by atoms with Gasteiger partial charge in [-0.15, -0.1) is 0 Å². The lowest BCUT2D eigenvalue weighted by atomic mass is 10.1. The van der Waals surface area contributed by atoms with Gasteiger partial charge in [-0.05, 0) is 6.07 Å². The Morgan fingerprint density at radius 2 is 2.29 bits per heavy atom. The molecule has 7 heteroatoms. The average Bonchev–Trinajstić information content (AvgIpc) is 2.34. The van der Waals surface area contributed by atoms with Crippen molar-refractivity contribution in [3.05, 3.63) is 33.9 Å². The number of rotatable bonds is 5. The van der Waals surface area contributed by atoms with E-state index in [-0.39, 0.29) is 17.0 Å². The summed E-state index contributed by atoms with van der Waals surface area (Å²) in [7, 11) is 1.28. The zero-order chi connectivity index (χ0) is 12.8. The molecule has 0 atom stereocenters. The number of nitrogens with zero attached hydrogens (tertiary/aromatic N) is 1. The summed E-state index contributed by atoms with van der Waals surface area (Å²) in [5, 5.41) is 13.3. The van der Waals surface area contributed by atoms with Gasteiger partial charge in [-0.25, -0.2) is 0 Å². The number of nitro benzene ring substituents is 1. The highest BCUT2D eigenvalue weighted by atomic mass is 16.6. The largest absolute Gasteiger partial charge is 0.490 e. The van der Waals surface area contributed by atoms with E-state index in [4.69, 9.17) is 10.5 Å². The number of nitro groups is 1. The van der Waals surface area contributed by atoms with Gasteiger partial charge in [0, 0.05) is 19.2 Å². The van der Waals surface area contributed by atoms with E-state index in [0.717, 1.165) is 0 Å². The summed E-state index contributed by atoms with van der Waals surface area (Å²) < 4.78 is 4.91. The number of carbonyl (C=O) groups excluding carboxylic acids is 1. The molecule has 0 aliphatic carbocycles. The highest BCUT2D eigenvalue weighted by Crippen LogP contribution is 2.30. The van der Waals surface area contributed by atoms with E-state index >= 15 is 0 Å². The van der Waals surface area contributed by atoms with Crippen molar-refractivity contribution in [2.24, 2.45) is 5.73 Å². The first-order chi connectivity index (χ1) is 8.11. The molecular formula is C10H13N3O4. The molecule has 1 amide bonds. The Morgan fingerprint density at radius 1 is 1.59 bits per heavy atom. The van der Waals surface area contributed by atoms with Crippen LogP contribution in [0.25, 0.3) is 0 Å². The van der Waals surface area contributed by atoms with Crippen LogP contribution in [0.15, 0.2) is 18.2 Å². The third-order valence-corrected chi connectivity index (χ3v) is 2.07. The number of nitrogens with one attached hydrogen (secondary N) is 1. The van der Waals surface area contributed by atoms with E-state index in [2.05, 4.69) is 5.32 Å². The second kappa shape index (κ2) is 5.80. The van der Waals surface area contributed by atoms with Gasteiger partial charge in [0.1, 0.15) is 0 Å². The number of hydrogen-bond acceptors (Lipinski definition) is 5. The predicted octanol–water partition coefficient (Wildman–Crippen LogP) is 0.292. The second-order valence-electron chi connectivity index (χ2n) is 3.16. The number of benzene rings is 1. The van der Waals surface area contributed by atoms with Gasteiger partial charge < -0.3 is 15.8 Å². The van der Waals surface area contributed by atoms with Crippen LogP contribution in [0.4, 0.5) is 5.69 Å². The number of carbonyl (C=O) groups is 1. The van der Waals surface area contributed by atoms with Gasteiger partial charge in [0.2, 0.25) is 5.75 Å². The first-order valence-corrected chi connectivity index (χ1v) is 4.91. The fourth-order valence-electron chi connectivity index (χ4n) is 1.34. The van der Waals surface area contributed by atoms with Crippen molar-refractivity contribution in [2.45, 2.75) is 0 Å². The molecule has 0 radical (unpaired) electrons. The van der Waals surface area contributed by atoms with Crippen LogP contribution in [0.1, 0.15) is 10.4 Å². The van der Waals surface area contributed by atoms with Gasteiger partial charge in [-0.1, -0.05) is 6.07 Å². The Bertz CT molecular complexity index is 434. The Morgan fingerprint density at radius 3 is 2.82 bits per heavy atom. The predicted molar refractivity (Wildman–Crippen MR) is 61.0 cm³/mol. The lowest BCUT2D eigenvalue weighted by Gasteiger charge is -2.08. The standard InChI is InChI=1S/C10H13N3O4/c1-17-9-7(10(14)12-6-5-11)3-2-4-8(9)13(15)16/h2-4H,5-6,11H2,1H3,(H,12,14). The number of para-hydroxylation sites is 1. The topological polar surface area (TPSA) is 107 Å². The minimum absolute atomic E-state index is 0.0491. The van der Waals surface area contributed by atoms with Crippen molar-refractivity contribution in [3.8, 4) is 5.75 Å². The monoisotopic (exact) mass is 239 g/mol. The zero-order valence-corrected chi connectivity index (χ0v) is 9.30. The summed E-state index contributed by atoms with van der Waals surface area (Å²) in [6.07, 6.45) is 0. The van der Waals surface area contributed by atoms with Crippen LogP contribution in [0.5, 0.6) is 5.75 Å². The van der Waals surface area contributed by atoms with E-state index in [9.17, 15) is 14.9 Å². The maximum Gasteiger partial charge on any atom is 0.311 e. The highest BCUT2D eigenvalue weighted by molar-refractivity contribution is 5.98. The van der Waals surface area contributed by atoms with Gasteiger partial charge in [0.15, 0.2) is 0 Å². The Labute approximate surface area is 97.7 Å². The molecule has 0 unspecified atom stereocenters. The van der Waals surface area contributed by atoms with Crippen molar-refractivity contribution < 1.29 is 14.5 Å². The summed E-state index contributed by atoms with van der Waals surface area (Å²) in [6.45, 7) is 0.591. The molecule has 92 valence electrons. The molecule has 0 fully saturated rings. The molecule has 0 spiro atoms. The van der Waals surface area contributed by atoms with E-state index in [1.54, 1.807) is 0 Å². The van der Waals surface area contributed by atoms with Crippen LogP contribution in [0.3, 0.4) is 0 Å². The van der Waals surface area contributed by atoms with E-state index in [0.29, 0.717) is 13.1 Å². The van der Waals surface area contributed by atoms with Crippen molar-refractivity contribution in [1.29, 1.82) is 0 Å². The van der Waals surface area contributed by atoms with Crippen molar-refractivity contribution in [1.82, 2.24) is 5.32 Å². The van der Waals surface area contributed by atoms with Gasteiger partial charge in [-0.3, -0.25) is 14.9 Å². The summed E-state index contributed by atoms with van der Waals surface area (Å²) in [6, 6.07) is 4.16. The number of ether oxygens (including phenoxy) is 1. The summed E-state index contributed by atoms with van der Waals surface area (Å²) in [4.78, 5) is 21.8. The van der Waals surface area contributed by atoms with E-state index < -0.39 is 10.8 Å². The number of methoxy groups -OCH3 is 1. The van der Waals surface area contributed by atoms with Crippen molar-refractivity contribution in [2.75, 3.05) is 20.2 Å². The number of nitrogens with two attached hydrogens (primary N) is 1. The zero-order valence-electron chi connectivity index (χ0n) is 9.30. The lowest BCUT2D eigenvalue weighted by molar-refractivity contribution is -0.385. The molecule has 1 aromatic rings. The Balaban J connectivity index is 3.11. The molecule has 0 bridgehead atoms. The quantitative estimate of drug-likeness (QED) is 0.567. The molecule has 17 heavy (non-hydrogen) atoms. The van der Waals surface area contributed by atoms with Crippen LogP contribution < -0.4 is 15.8 Å². The van der Waals surface area contributed by atoms with Crippen molar-refractivity contribution >= 4 is 11.6 Å². The van der Waals surface area contributed by atoms with Crippen LogP contribution in [-0.4, -0.2) is 31.0 Å². The molecule has 7 nitrogen and oxygen atoms in total. The molecule has 0 heterocycles. The molecule has 1 rings (SSSR count). The third kappa shape index (κ3) is 2.91. The van der Waals surface area contributed by atoms with E-state index in [1.165, 1.54) is 25.3 Å². The molecule has 3 N–H and O–H groups in total. The maximum atomic E-state index is 11.7. The van der Waals surface area contributed by atoms with Gasteiger partial charge in [0.25, 0.3) is 5.91 Å². The van der Waals surface area contributed by atoms with Crippen LogP contribution in [-0.2, 0) is 0 Å². The molecule has 1 aromatic carbocycles. The molecule has 0 aromatic heterocycles. The third-order valence-electron chi connectivity index (χ3n) is 2.07. The smallest absolute Gasteiger partial charge is 0.311 e. The highest BCUT2D eigenvalue weighted by Gasteiger charge is 2.21. The Kier molecular flexibility index (Phi) is 4.41. The fraction of sp³-hybridized carbons (Fsp3) is 0.300. The van der Waals surface area contributed by atoms with Crippen LogP contribution >= 0.6 is 0 Å². The van der Waals surface area contributed by atoms with Crippen LogP contribution in [0.2, 0.25) is 0 Å². The molecular weight excluding hydrogens is 226 g/mol. The molecule has 0 saturated carbocycles. The first-order valence-electron chi connectivity index (χ1n) is 4.91. The van der Waals surface area contributed by atoms with Crippen LogP contribution in [0, 0.1) is 10.1 Å². The van der Waals surface area contributed by atoms with E-state index in [1.807, 2.05) is 0 Å². The Hall–Kier alpha value is -2.15.